The highest BCUT2D eigenvalue weighted by Crippen LogP contribution is 2.36. The Morgan fingerprint density at radius 3 is 2.84 bits per heavy atom. The van der Waals surface area contributed by atoms with Gasteiger partial charge in [-0.05, 0) is 44.1 Å². The van der Waals surface area contributed by atoms with Crippen LogP contribution in [0.3, 0.4) is 0 Å². The lowest BCUT2D eigenvalue weighted by Crippen LogP contribution is -2.20. The second-order valence-electron chi connectivity index (χ2n) is 5.12. The van der Waals surface area contributed by atoms with Crippen molar-refractivity contribution in [1.29, 1.82) is 0 Å². The number of anilines is 1. The molecule has 0 amide bonds. The molecule has 0 radical (unpaired) electrons. The maximum absolute atomic E-state index is 12.0. The number of esters is 1. The molecule has 1 aromatic heterocycles. The van der Waals surface area contributed by atoms with Crippen LogP contribution < -0.4 is 5.32 Å². The van der Waals surface area contributed by atoms with E-state index < -0.39 is 0 Å². The Morgan fingerprint density at radius 2 is 2.26 bits per heavy atom. The van der Waals surface area contributed by atoms with E-state index in [4.69, 9.17) is 4.74 Å². The number of carbonyl (C=O) groups is 1. The molecule has 1 aromatic rings. The maximum atomic E-state index is 12.0. The van der Waals surface area contributed by atoms with E-state index in [1.807, 2.05) is 13.8 Å². The molecule has 1 aliphatic rings. The fraction of sp³-hybridized carbons (Fsp3) is 0.714. The zero-order valence-corrected chi connectivity index (χ0v) is 12.7. The van der Waals surface area contributed by atoms with Crippen molar-refractivity contribution in [2.45, 2.75) is 52.5 Å². The normalized spacial score (nSPS) is 16.2. The molecule has 1 saturated carbocycles. The Kier molecular flexibility index (Phi) is 4.80. The second-order valence-corrected chi connectivity index (χ2v) is 5.89. The molecule has 5 heteroatoms. The van der Waals surface area contributed by atoms with Crippen molar-refractivity contribution in [1.82, 2.24) is 4.37 Å². The van der Waals surface area contributed by atoms with Crippen LogP contribution >= 0.6 is 11.5 Å². The minimum absolute atomic E-state index is 0.266. The third-order valence-corrected chi connectivity index (χ3v) is 4.35. The number of ether oxygens (including phenoxy) is 1. The van der Waals surface area contributed by atoms with E-state index in [2.05, 4.69) is 16.6 Å². The molecule has 19 heavy (non-hydrogen) atoms. The fourth-order valence-electron chi connectivity index (χ4n) is 2.18. The van der Waals surface area contributed by atoms with E-state index in [0.29, 0.717) is 18.2 Å². The summed E-state index contributed by atoms with van der Waals surface area (Å²) in [6.45, 7) is 6.25. The van der Waals surface area contributed by atoms with Gasteiger partial charge in [-0.2, -0.15) is 4.37 Å². The van der Waals surface area contributed by atoms with Crippen LogP contribution in [0.5, 0.6) is 0 Å². The molecular weight excluding hydrogens is 260 g/mol. The van der Waals surface area contributed by atoms with Gasteiger partial charge < -0.3 is 10.1 Å². The molecule has 1 atom stereocenters. The third kappa shape index (κ3) is 3.69. The highest BCUT2D eigenvalue weighted by atomic mass is 32.1. The second kappa shape index (κ2) is 6.37. The van der Waals surface area contributed by atoms with Gasteiger partial charge in [0.25, 0.3) is 0 Å². The molecule has 0 spiro atoms. The summed E-state index contributed by atoms with van der Waals surface area (Å²) in [6.07, 6.45) is 4.96. The average Bonchev–Trinajstić information content (AvgIpc) is 3.12. The first-order chi connectivity index (χ1) is 9.15. The van der Waals surface area contributed by atoms with E-state index >= 15 is 0 Å². The largest absolute Gasteiger partial charge is 0.462 e. The molecule has 1 heterocycles. The van der Waals surface area contributed by atoms with Crippen molar-refractivity contribution in [3.63, 3.8) is 0 Å². The van der Waals surface area contributed by atoms with Gasteiger partial charge in [0.15, 0.2) is 0 Å². The van der Waals surface area contributed by atoms with Gasteiger partial charge in [0.05, 0.1) is 12.3 Å². The number of carbonyl (C=O) groups excluding carboxylic acids is 1. The average molecular weight is 282 g/mol. The molecule has 2 rings (SSSR count). The van der Waals surface area contributed by atoms with Crippen LogP contribution in [-0.2, 0) is 4.74 Å². The van der Waals surface area contributed by atoms with Crippen LogP contribution in [0.15, 0.2) is 0 Å². The first kappa shape index (κ1) is 14.3. The molecule has 1 fully saturated rings. The van der Waals surface area contributed by atoms with Gasteiger partial charge in [-0.1, -0.05) is 19.8 Å². The zero-order valence-electron chi connectivity index (χ0n) is 11.9. The number of nitrogens with one attached hydrogen (secondary N) is 1. The standard InChI is InChI=1S/C14H22N2O2S/c1-4-11(8-10-6-7-10)15-13-12(9(3)16-19-13)14(17)18-5-2/h10-11,15H,4-8H2,1-3H3. The molecule has 1 N–H and O–H groups in total. The van der Waals surface area contributed by atoms with Crippen molar-refractivity contribution in [3.05, 3.63) is 11.3 Å². The molecule has 0 aliphatic heterocycles. The van der Waals surface area contributed by atoms with E-state index in [1.165, 1.54) is 30.8 Å². The summed E-state index contributed by atoms with van der Waals surface area (Å²) in [5, 5.41) is 4.35. The number of nitrogens with zero attached hydrogens (tertiary/aromatic N) is 1. The third-order valence-electron chi connectivity index (χ3n) is 3.49. The molecule has 0 saturated heterocycles. The Bertz CT molecular complexity index is 441. The molecular formula is C14H22N2O2S. The van der Waals surface area contributed by atoms with Crippen LogP contribution in [0.2, 0.25) is 0 Å². The van der Waals surface area contributed by atoms with Crippen molar-refractivity contribution in [3.8, 4) is 0 Å². The van der Waals surface area contributed by atoms with Gasteiger partial charge in [0.1, 0.15) is 10.6 Å². The number of hydrogen-bond acceptors (Lipinski definition) is 5. The first-order valence-corrected chi connectivity index (χ1v) is 7.82. The van der Waals surface area contributed by atoms with Gasteiger partial charge in [0, 0.05) is 6.04 Å². The SMILES string of the molecule is CCOC(=O)c1c(C)nsc1NC(CC)CC1CC1. The molecule has 1 unspecified atom stereocenters. The van der Waals surface area contributed by atoms with Gasteiger partial charge in [0.2, 0.25) is 0 Å². The van der Waals surface area contributed by atoms with Gasteiger partial charge >= 0.3 is 5.97 Å². The highest BCUT2D eigenvalue weighted by Gasteiger charge is 2.27. The first-order valence-electron chi connectivity index (χ1n) is 7.05. The van der Waals surface area contributed by atoms with Crippen LogP contribution in [0.25, 0.3) is 0 Å². The van der Waals surface area contributed by atoms with Crippen molar-refractivity contribution < 1.29 is 9.53 Å². The predicted molar refractivity (Wildman–Crippen MR) is 77.9 cm³/mol. The molecule has 0 aromatic carbocycles. The van der Waals surface area contributed by atoms with Gasteiger partial charge in [-0.3, -0.25) is 0 Å². The van der Waals surface area contributed by atoms with E-state index in [-0.39, 0.29) is 5.97 Å². The Morgan fingerprint density at radius 1 is 1.53 bits per heavy atom. The lowest BCUT2D eigenvalue weighted by molar-refractivity contribution is 0.0527. The molecule has 1 aliphatic carbocycles. The van der Waals surface area contributed by atoms with E-state index in [0.717, 1.165) is 23.0 Å². The highest BCUT2D eigenvalue weighted by molar-refractivity contribution is 7.10. The van der Waals surface area contributed by atoms with Crippen LogP contribution in [0.1, 0.15) is 55.6 Å². The Hall–Kier alpha value is -1.10. The summed E-state index contributed by atoms with van der Waals surface area (Å²) < 4.78 is 9.38. The van der Waals surface area contributed by atoms with E-state index in [9.17, 15) is 4.79 Å². The summed E-state index contributed by atoms with van der Waals surface area (Å²) >= 11 is 1.36. The lowest BCUT2D eigenvalue weighted by atomic mass is 10.1. The number of rotatable bonds is 7. The van der Waals surface area contributed by atoms with Crippen molar-refractivity contribution >= 4 is 22.5 Å². The summed E-state index contributed by atoms with van der Waals surface area (Å²) in [6, 6.07) is 0.431. The predicted octanol–water partition coefficient (Wildman–Crippen LogP) is 3.62. The number of aryl methyl sites for hydroxylation is 1. The number of hydrogen-bond donors (Lipinski definition) is 1. The van der Waals surface area contributed by atoms with Crippen LogP contribution in [-0.4, -0.2) is 23.0 Å². The minimum atomic E-state index is -0.266. The summed E-state index contributed by atoms with van der Waals surface area (Å²) in [5.74, 6) is 0.607. The fourth-order valence-corrected chi connectivity index (χ4v) is 3.04. The molecule has 4 nitrogen and oxygen atoms in total. The van der Waals surface area contributed by atoms with Gasteiger partial charge in [-0.15, -0.1) is 0 Å². The molecule has 106 valence electrons. The van der Waals surface area contributed by atoms with Crippen LogP contribution in [0.4, 0.5) is 5.00 Å². The van der Waals surface area contributed by atoms with Crippen LogP contribution in [0, 0.1) is 12.8 Å². The number of aromatic nitrogens is 1. The zero-order chi connectivity index (χ0) is 13.8. The summed E-state index contributed by atoms with van der Waals surface area (Å²) in [7, 11) is 0. The minimum Gasteiger partial charge on any atom is -0.462 e. The van der Waals surface area contributed by atoms with Crippen molar-refractivity contribution in [2.75, 3.05) is 11.9 Å². The Balaban J connectivity index is 2.07. The van der Waals surface area contributed by atoms with Crippen molar-refractivity contribution in [2.24, 2.45) is 5.92 Å². The quantitative estimate of drug-likeness (QED) is 0.776. The molecule has 0 bridgehead atoms. The summed E-state index contributed by atoms with van der Waals surface area (Å²) in [5.41, 5.74) is 1.37. The smallest absolute Gasteiger partial charge is 0.343 e. The Labute approximate surface area is 118 Å². The van der Waals surface area contributed by atoms with E-state index in [1.54, 1.807) is 0 Å². The lowest BCUT2D eigenvalue weighted by Gasteiger charge is -2.17. The van der Waals surface area contributed by atoms with Gasteiger partial charge in [-0.25, -0.2) is 4.79 Å². The maximum Gasteiger partial charge on any atom is 0.343 e. The topological polar surface area (TPSA) is 51.2 Å². The monoisotopic (exact) mass is 282 g/mol. The summed E-state index contributed by atoms with van der Waals surface area (Å²) in [4.78, 5) is 12.0.